The van der Waals surface area contributed by atoms with Gasteiger partial charge in [0.15, 0.2) is 0 Å². The predicted octanol–water partition coefficient (Wildman–Crippen LogP) is 2.31. The molecule has 0 aromatic heterocycles. The van der Waals surface area contributed by atoms with Gasteiger partial charge in [0.2, 0.25) is 0 Å². The lowest BCUT2D eigenvalue weighted by molar-refractivity contribution is 0.0696. The van der Waals surface area contributed by atoms with Gasteiger partial charge in [-0.05, 0) is 18.2 Å². The monoisotopic (exact) mass is 262 g/mol. The van der Waals surface area contributed by atoms with Gasteiger partial charge in [0, 0.05) is 5.56 Å². The Morgan fingerprint density at radius 3 is 1.78 bits per heavy atom. The van der Waals surface area contributed by atoms with Crippen molar-refractivity contribution in [1.29, 1.82) is 0 Å². The Morgan fingerprint density at radius 1 is 1.00 bits per heavy atom. The van der Waals surface area contributed by atoms with Gasteiger partial charge in [-0.1, -0.05) is 25.6 Å². The van der Waals surface area contributed by atoms with E-state index in [2.05, 4.69) is 31.1 Å². The molecule has 1 rings (SSSR count). The highest BCUT2D eigenvalue weighted by atomic mass is 28.3. The standard InChI is InChI=1S/C13H14O4Si/c1-18(2,3)5-4-9-6-10(12(14)15)8-11(7-9)13(16)17/h6-8H,1-3H3,(H,14,15)(H,16,17). The zero-order valence-electron chi connectivity index (χ0n) is 10.4. The van der Waals surface area contributed by atoms with Crippen LogP contribution in [0.4, 0.5) is 0 Å². The van der Waals surface area contributed by atoms with Crippen molar-refractivity contribution in [3.8, 4) is 11.5 Å². The summed E-state index contributed by atoms with van der Waals surface area (Å²) < 4.78 is 0. The maximum atomic E-state index is 10.9. The average molecular weight is 262 g/mol. The molecule has 4 nitrogen and oxygen atoms in total. The van der Waals surface area contributed by atoms with Crippen LogP contribution in [0.2, 0.25) is 19.6 Å². The Kier molecular flexibility index (Phi) is 3.94. The number of benzene rings is 1. The van der Waals surface area contributed by atoms with Crippen LogP contribution in [0.5, 0.6) is 0 Å². The molecule has 1 aromatic carbocycles. The smallest absolute Gasteiger partial charge is 0.335 e. The molecule has 94 valence electrons. The highest BCUT2D eigenvalue weighted by molar-refractivity contribution is 6.83. The zero-order chi connectivity index (χ0) is 13.9. The topological polar surface area (TPSA) is 74.6 Å². The van der Waals surface area contributed by atoms with Gasteiger partial charge in [-0.3, -0.25) is 0 Å². The van der Waals surface area contributed by atoms with Crippen molar-refractivity contribution in [3.05, 3.63) is 34.9 Å². The van der Waals surface area contributed by atoms with Crippen LogP contribution in [0.1, 0.15) is 26.3 Å². The molecule has 0 aliphatic rings. The van der Waals surface area contributed by atoms with Gasteiger partial charge in [-0.15, -0.1) is 5.54 Å². The second-order valence-electron chi connectivity index (χ2n) is 4.91. The van der Waals surface area contributed by atoms with Crippen LogP contribution in [0, 0.1) is 11.5 Å². The lowest BCUT2D eigenvalue weighted by Gasteiger charge is -2.04. The van der Waals surface area contributed by atoms with Crippen molar-refractivity contribution in [2.45, 2.75) is 19.6 Å². The Labute approximate surface area is 106 Å². The molecule has 18 heavy (non-hydrogen) atoms. The molecule has 0 amide bonds. The van der Waals surface area contributed by atoms with Crippen LogP contribution in [-0.4, -0.2) is 30.2 Å². The molecule has 2 N–H and O–H groups in total. The molecule has 1 aromatic rings. The third-order valence-corrected chi connectivity index (χ3v) is 2.88. The van der Waals surface area contributed by atoms with Crippen molar-refractivity contribution in [1.82, 2.24) is 0 Å². The van der Waals surface area contributed by atoms with E-state index in [1.54, 1.807) is 0 Å². The Morgan fingerprint density at radius 2 is 1.44 bits per heavy atom. The van der Waals surface area contributed by atoms with Crippen LogP contribution in [0.25, 0.3) is 0 Å². The Balaban J connectivity index is 3.31. The van der Waals surface area contributed by atoms with E-state index in [1.807, 2.05) is 0 Å². The van der Waals surface area contributed by atoms with Gasteiger partial charge in [-0.25, -0.2) is 9.59 Å². The molecule has 0 bridgehead atoms. The Hall–Kier alpha value is -2.06. The largest absolute Gasteiger partial charge is 0.478 e. The summed E-state index contributed by atoms with van der Waals surface area (Å²) in [6.07, 6.45) is 0. The molecule has 0 unspecified atom stereocenters. The first-order valence-electron chi connectivity index (χ1n) is 5.34. The number of rotatable bonds is 2. The van der Waals surface area contributed by atoms with E-state index < -0.39 is 20.0 Å². The first kappa shape index (κ1) is 14.0. The number of carboxylic acids is 2. The van der Waals surface area contributed by atoms with Gasteiger partial charge in [-0.2, -0.15) is 0 Å². The van der Waals surface area contributed by atoms with Crippen LogP contribution in [-0.2, 0) is 0 Å². The Bertz CT molecular complexity index is 526. The van der Waals surface area contributed by atoms with E-state index in [0.717, 1.165) is 6.07 Å². The van der Waals surface area contributed by atoms with E-state index in [1.165, 1.54) is 12.1 Å². The summed E-state index contributed by atoms with van der Waals surface area (Å²) in [6, 6.07) is 3.91. The summed E-state index contributed by atoms with van der Waals surface area (Å²) in [5, 5.41) is 17.8. The van der Waals surface area contributed by atoms with Crippen molar-refractivity contribution >= 4 is 20.0 Å². The number of aromatic carboxylic acids is 2. The van der Waals surface area contributed by atoms with Crippen LogP contribution >= 0.6 is 0 Å². The van der Waals surface area contributed by atoms with Crippen LogP contribution in [0.15, 0.2) is 18.2 Å². The lowest BCUT2D eigenvalue weighted by Crippen LogP contribution is -2.16. The number of hydrogen-bond acceptors (Lipinski definition) is 2. The van der Waals surface area contributed by atoms with Crippen LogP contribution < -0.4 is 0 Å². The van der Waals surface area contributed by atoms with Gasteiger partial charge in [0.1, 0.15) is 8.07 Å². The first-order valence-corrected chi connectivity index (χ1v) is 8.84. The summed E-state index contributed by atoms with van der Waals surface area (Å²) >= 11 is 0. The van der Waals surface area contributed by atoms with Gasteiger partial charge in [0.25, 0.3) is 0 Å². The SMILES string of the molecule is C[Si](C)(C)C#Cc1cc(C(=O)O)cc(C(=O)O)c1. The van der Waals surface area contributed by atoms with E-state index in [0.29, 0.717) is 5.56 Å². The van der Waals surface area contributed by atoms with E-state index in [4.69, 9.17) is 10.2 Å². The summed E-state index contributed by atoms with van der Waals surface area (Å²) in [4.78, 5) is 21.8. The first-order chi connectivity index (χ1) is 8.19. The number of carboxylic acid groups (broad SMARTS) is 2. The van der Waals surface area contributed by atoms with Gasteiger partial charge >= 0.3 is 11.9 Å². The van der Waals surface area contributed by atoms with Gasteiger partial charge in [0.05, 0.1) is 11.1 Å². The maximum absolute atomic E-state index is 10.9. The molecule has 0 atom stereocenters. The summed E-state index contributed by atoms with van der Waals surface area (Å²) in [7, 11) is -1.59. The fourth-order valence-corrected chi connectivity index (χ4v) is 1.73. The van der Waals surface area contributed by atoms with E-state index >= 15 is 0 Å². The fraction of sp³-hybridized carbons (Fsp3) is 0.231. The van der Waals surface area contributed by atoms with Gasteiger partial charge < -0.3 is 10.2 Å². The molecule has 0 radical (unpaired) electrons. The molecule has 0 heterocycles. The normalized spacial score (nSPS) is 10.4. The second kappa shape index (κ2) is 5.06. The van der Waals surface area contributed by atoms with E-state index in [-0.39, 0.29) is 11.1 Å². The molecular weight excluding hydrogens is 248 g/mol. The van der Waals surface area contributed by atoms with Crippen molar-refractivity contribution in [3.63, 3.8) is 0 Å². The minimum absolute atomic E-state index is 0.0604. The molecular formula is C13H14O4Si. The quantitative estimate of drug-likeness (QED) is 0.633. The zero-order valence-corrected chi connectivity index (χ0v) is 11.4. The third kappa shape index (κ3) is 4.07. The lowest BCUT2D eigenvalue weighted by atomic mass is 10.1. The molecule has 0 aliphatic carbocycles. The molecule has 0 aliphatic heterocycles. The highest BCUT2D eigenvalue weighted by Gasteiger charge is 2.11. The van der Waals surface area contributed by atoms with Crippen molar-refractivity contribution in [2.75, 3.05) is 0 Å². The predicted molar refractivity (Wildman–Crippen MR) is 70.6 cm³/mol. The fourth-order valence-electron chi connectivity index (χ4n) is 1.21. The molecule has 5 heteroatoms. The average Bonchev–Trinajstić information content (AvgIpc) is 2.25. The maximum Gasteiger partial charge on any atom is 0.335 e. The summed E-state index contributed by atoms with van der Waals surface area (Å²) in [5.74, 6) is 0.544. The minimum Gasteiger partial charge on any atom is -0.478 e. The summed E-state index contributed by atoms with van der Waals surface area (Å²) in [5.41, 5.74) is 3.38. The minimum atomic E-state index is -1.59. The third-order valence-electron chi connectivity index (χ3n) is 2.01. The molecule has 0 fully saturated rings. The molecule has 0 saturated carbocycles. The van der Waals surface area contributed by atoms with Crippen molar-refractivity contribution < 1.29 is 19.8 Å². The highest BCUT2D eigenvalue weighted by Crippen LogP contribution is 2.11. The number of hydrogen-bond donors (Lipinski definition) is 2. The molecule has 0 spiro atoms. The van der Waals surface area contributed by atoms with Crippen molar-refractivity contribution in [2.24, 2.45) is 0 Å². The molecule has 0 saturated heterocycles. The number of carbonyl (C=O) groups is 2. The summed E-state index contributed by atoms with van der Waals surface area (Å²) in [6.45, 7) is 6.16. The van der Waals surface area contributed by atoms with E-state index in [9.17, 15) is 9.59 Å². The van der Waals surface area contributed by atoms with Crippen LogP contribution in [0.3, 0.4) is 0 Å². The second-order valence-corrected chi connectivity index (χ2v) is 9.66.